The van der Waals surface area contributed by atoms with E-state index in [1.807, 2.05) is 30.3 Å². The third kappa shape index (κ3) is 3.47. The quantitative estimate of drug-likeness (QED) is 0.781. The minimum Gasteiger partial charge on any atom is -0.438 e. The monoisotopic (exact) mass is 263 g/mol. The molecular formula is C14H17NO4. The van der Waals surface area contributed by atoms with E-state index in [0.717, 1.165) is 12.0 Å². The minimum atomic E-state index is -0.736. The van der Waals surface area contributed by atoms with Crippen molar-refractivity contribution < 1.29 is 19.1 Å². The second-order valence-corrected chi connectivity index (χ2v) is 4.41. The molecule has 19 heavy (non-hydrogen) atoms. The molecule has 2 rings (SSSR count). The Balaban J connectivity index is 2.10. The molecule has 1 unspecified atom stereocenters. The summed E-state index contributed by atoms with van der Waals surface area (Å²) in [5.74, 6) is 0.106. The summed E-state index contributed by atoms with van der Waals surface area (Å²) in [5.41, 5.74) is 0.854. The number of likely N-dealkylation sites (tertiary alicyclic amines) is 1. The van der Waals surface area contributed by atoms with Crippen LogP contribution in [0.5, 0.6) is 0 Å². The van der Waals surface area contributed by atoms with Crippen LogP contribution < -0.4 is 0 Å². The van der Waals surface area contributed by atoms with Crippen LogP contribution in [0, 0.1) is 0 Å². The predicted octanol–water partition coefficient (Wildman–Crippen LogP) is 2.13. The maximum Gasteiger partial charge on any atom is 0.508 e. The molecule has 102 valence electrons. The summed E-state index contributed by atoms with van der Waals surface area (Å²) in [6.45, 7) is 1.09. The van der Waals surface area contributed by atoms with Crippen LogP contribution in [-0.2, 0) is 14.3 Å². The first-order chi connectivity index (χ1) is 9.20. The summed E-state index contributed by atoms with van der Waals surface area (Å²) < 4.78 is 9.77. The highest BCUT2D eigenvalue weighted by Gasteiger charge is 2.26. The molecule has 1 aliphatic heterocycles. The fourth-order valence-corrected chi connectivity index (χ4v) is 2.14. The van der Waals surface area contributed by atoms with Gasteiger partial charge in [0.2, 0.25) is 5.91 Å². The Hall–Kier alpha value is -2.04. The molecule has 1 aromatic rings. The van der Waals surface area contributed by atoms with Crippen molar-refractivity contribution in [3.05, 3.63) is 35.9 Å². The molecule has 1 saturated heterocycles. The van der Waals surface area contributed by atoms with Crippen molar-refractivity contribution in [1.29, 1.82) is 0 Å². The second kappa shape index (κ2) is 6.22. The van der Waals surface area contributed by atoms with Gasteiger partial charge in [-0.15, -0.1) is 0 Å². The number of carbonyl (C=O) groups is 2. The smallest absolute Gasteiger partial charge is 0.438 e. The molecule has 0 radical (unpaired) electrons. The van der Waals surface area contributed by atoms with E-state index < -0.39 is 12.3 Å². The number of hydrogen-bond acceptors (Lipinski definition) is 4. The molecule has 1 aromatic carbocycles. The molecule has 5 nitrogen and oxygen atoms in total. The third-order valence-electron chi connectivity index (χ3n) is 3.13. The normalized spacial score (nSPS) is 16.3. The molecule has 1 amide bonds. The number of amides is 1. The molecule has 1 fully saturated rings. The van der Waals surface area contributed by atoms with Crippen LogP contribution in [0.4, 0.5) is 4.79 Å². The maximum absolute atomic E-state index is 11.7. The SMILES string of the molecule is COC(=O)OC(CN1CCCC1=O)c1ccccc1. The van der Waals surface area contributed by atoms with Gasteiger partial charge in [-0.1, -0.05) is 30.3 Å². The van der Waals surface area contributed by atoms with Crippen molar-refractivity contribution in [3.63, 3.8) is 0 Å². The highest BCUT2D eigenvalue weighted by atomic mass is 16.7. The van der Waals surface area contributed by atoms with Gasteiger partial charge in [0.15, 0.2) is 0 Å². The lowest BCUT2D eigenvalue weighted by Gasteiger charge is -2.23. The van der Waals surface area contributed by atoms with E-state index in [0.29, 0.717) is 19.5 Å². The van der Waals surface area contributed by atoms with Crippen LogP contribution in [0.25, 0.3) is 0 Å². The van der Waals surface area contributed by atoms with Crippen LogP contribution in [0.1, 0.15) is 24.5 Å². The van der Waals surface area contributed by atoms with Gasteiger partial charge in [-0.2, -0.15) is 0 Å². The Bertz CT molecular complexity index is 446. The first kappa shape index (κ1) is 13.4. The Morgan fingerprint density at radius 3 is 2.68 bits per heavy atom. The molecule has 1 atom stereocenters. The van der Waals surface area contributed by atoms with Gasteiger partial charge in [0.25, 0.3) is 0 Å². The zero-order valence-electron chi connectivity index (χ0n) is 10.9. The van der Waals surface area contributed by atoms with E-state index in [1.54, 1.807) is 4.90 Å². The molecule has 1 aliphatic rings. The Labute approximate surface area is 112 Å². The Morgan fingerprint density at radius 1 is 1.37 bits per heavy atom. The van der Waals surface area contributed by atoms with Gasteiger partial charge in [-0.05, 0) is 12.0 Å². The summed E-state index contributed by atoms with van der Waals surface area (Å²) >= 11 is 0. The van der Waals surface area contributed by atoms with Gasteiger partial charge in [0.05, 0.1) is 13.7 Å². The van der Waals surface area contributed by atoms with Gasteiger partial charge >= 0.3 is 6.16 Å². The number of carbonyl (C=O) groups excluding carboxylic acids is 2. The fraction of sp³-hybridized carbons (Fsp3) is 0.429. The summed E-state index contributed by atoms with van der Waals surface area (Å²) in [4.78, 5) is 24.7. The van der Waals surface area contributed by atoms with Crippen molar-refractivity contribution in [3.8, 4) is 0 Å². The fourth-order valence-electron chi connectivity index (χ4n) is 2.14. The van der Waals surface area contributed by atoms with E-state index >= 15 is 0 Å². The topological polar surface area (TPSA) is 55.8 Å². The van der Waals surface area contributed by atoms with Crippen molar-refractivity contribution >= 4 is 12.1 Å². The lowest BCUT2D eigenvalue weighted by atomic mass is 10.1. The highest BCUT2D eigenvalue weighted by Crippen LogP contribution is 2.22. The largest absolute Gasteiger partial charge is 0.508 e. The molecule has 0 bridgehead atoms. The van der Waals surface area contributed by atoms with Crippen LogP contribution in [-0.4, -0.2) is 37.2 Å². The lowest BCUT2D eigenvalue weighted by Crippen LogP contribution is -2.31. The lowest BCUT2D eigenvalue weighted by molar-refractivity contribution is -0.129. The number of methoxy groups -OCH3 is 1. The molecule has 1 heterocycles. The molecule has 5 heteroatoms. The van der Waals surface area contributed by atoms with Crippen LogP contribution >= 0.6 is 0 Å². The van der Waals surface area contributed by atoms with Gasteiger partial charge in [0.1, 0.15) is 6.10 Å². The van der Waals surface area contributed by atoms with Crippen LogP contribution in [0.3, 0.4) is 0 Å². The number of ether oxygens (including phenoxy) is 2. The Morgan fingerprint density at radius 2 is 2.11 bits per heavy atom. The summed E-state index contributed by atoms with van der Waals surface area (Å²) in [5, 5.41) is 0. The van der Waals surface area contributed by atoms with Crippen LogP contribution in [0.15, 0.2) is 30.3 Å². The van der Waals surface area contributed by atoms with Crippen molar-refractivity contribution in [2.75, 3.05) is 20.2 Å². The Kier molecular flexibility index (Phi) is 4.39. The minimum absolute atomic E-state index is 0.106. The molecule has 0 spiro atoms. The van der Waals surface area contributed by atoms with Gasteiger partial charge in [-0.25, -0.2) is 4.79 Å². The van der Waals surface area contributed by atoms with E-state index in [4.69, 9.17) is 4.74 Å². The zero-order valence-corrected chi connectivity index (χ0v) is 10.9. The van der Waals surface area contributed by atoms with Crippen molar-refractivity contribution in [1.82, 2.24) is 4.90 Å². The number of benzene rings is 1. The molecule has 0 aromatic heterocycles. The van der Waals surface area contributed by atoms with E-state index in [9.17, 15) is 9.59 Å². The predicted molar refractivity (Wildman–Crippen MR) is 68.5 cm³/mol. The van der Waals surface area contributed by atoms with Gasteiger partial charge in [0, 0.05) is 13.0 Å². The summed E-state index contributed by atoms with van der Waals surface area (Å²) in [7, 11) is 1.27. The van der Waals surface area contributed by atoms with Crippen molar-refractivity contribution in [2.24, 2.45) is 0 Å². The molecule has 0 saturated carbocycles. The van der Waals surface area contributed by atoms with E-state index in [2.05, 4.69) is 4.74 Å². The van der Waals surface area contributed by atoms with Crippen molar-refractivity contribution in [2.45, 2.75) is 18.9 Å². The number of rotatable bonds is 4. The first-order valence-electron chi connectivity index (χ1n) is 6.28. The molecular weight excluding hydrogens is 246 g/mol. The highest BCUT2D eigenvalue weighted by molar-refractivity contribution is 5.78. The maximum atomic E-state index is 11.7. The number of nitrogens with zero attached hydrogens (tertiary/aromatic N) is 1. The third-order valence-corrected chi connectivity index (χ3v) is 3.13. The summed E-state index contributed by atoms with van der Waals surface area (Å²) in [6.07, 6.45) is 0.203. The molecule has 0 N–H and O–H groups in total. The van der Waals surface area contributed by atoms with Gasteiger partial charge in [-0.3, -0.25) is 4.79 Å². The average molecular weight is 263 g/mol. The molecule has 0 aliphatic carbocycles. The average Bonchev–Trinajstić information content (AvgIpc) is 2.84. The standard InChI is InChI=1S/C14H17NO4/c1-18-14(17)19-12(11-6-3-2-4-7-11)10-15-9-5-8-13(15)16/h2-4,6-7,12H,5,8-10H2,1H3. The zero-order chi connectivity index (χ0) is 13.7. The van der Waals surface area contributed by atoms with Crippen LogP contribution in [0.2, 0.25) is 0 Å². The van der Waals surface area contributed by atoms with Gasteiger partial charge < -0.3 is 14.4 Å². The van der Waals surface area contributed by atoms with E-state index in [1.165, 1.54) is 7.11 Å². The van der Waals surface area contributed by atoms with E-state index in [-0.39, 0.29) is 5.91 Å². The second-order valence-electron chi connectivity index (χ2n) is 4.41. The first-order valence-corrected chi connectivity index (χ1v) is 6.28. The number of hydrogen-bond donors (Lipinski definition) is 0. The summed E-state index contributed by atoms with van der Waals surface area (Å²) in [6, 6.07) is 9.37.